The molecule has 0 radical (unpaired) electrons. The van der Waals surface area contributed by atoms with Crippen molar-refractivity contribution in [1.82, 2.24) is 5.32 Å². The van der Waals surface area contributed by atoms with E-state index in [1.54, 1.807) is 0 Å². The van der Waals surface area contributed by atoms with Gasteiger partial charge in [0.25, 0.3) is 0 Å². The average Bonchev–Trinajstić information content (AvgIpc) is 2.55. The topological polar surface area (TPSA) is 58.2 Å². The van der Waals surface area contributed by atoms with Crippen molar-refractivity contribution in [3.05, 3.63) is 60.2 Å². The fourth-order valence-corrected chi connectivity index (χ4v) is 2.90. The number of carbonyl (C=O) groups is 2. The van der Waals surface area contributed by atoms with Crippen molar-refractivity contribution < 1.29 is 9.59 Å². The number of carbonyl (C=O) groups excluding carboxylic acids is 2. The maximum atomic E-state index is 12.1. The van der Waals surface area contributed by atoms with Crippen LogP contribution in [0.3, 0.4) is 0 Å². The van der Waals surface area contributed by atoms with E-state index in [0.717, 1.165) is 16.1 Å². The lowest BCUT2D eigenvalue weighted by Gasteiger charge is -2.12. The predicted molar refractivity (Wildman–Crippen MR) is 94.4 cm³/mol. The second-order valence-corrected chi connectivity index (χ2v) is 6.58. The van der Waals surface area contributed by atoms with Crippen LogP contribution in [0.2, 0.25) is 0 Å². The number of benzene rings is 2. The third kappa shape index (κ3) is 5.79. The van der Waals surface area contributed by atoms with Crippen LogP contribution in [-0.2, 0) is 16.1 Å². The van der Waals surface area contributed by atoms with Gasteiger partial charge in [0.2, 0.25) is 11.8 Å². The zero-order chi connectivity index (χ0) is 16.7. The van der Waals surface area contributed by atoms with E-state index in [-0.39, 0.29) is 17.1 Å². The molecule has 0 heterocycles. The van der Waals surface area contributed by atoms with E-state index < -0.39 is 0 Å². The molecular weight excluding hydrogens is 308 g/mol. The molecule has 2 amide bonds. The Kier molecular flexibility index (Phi) is 6.23. The summed E-state index contributed by atoms with van der Waals surface area (Å²) < 4.78 is 0. The summed E-state index contributed by atoms with van der Waals surface area (Å²) in [6.45, 7) is 3.89. The summed E-state index contributed by atoms with van der Waals surface area (Å²) in [6, 6.07) is 17.3. The number of anilines is 1. The highest BCUT2D eigenvalue weighted by Crippen LogP contribution is 2.24. The Bertz CT molecular complexity index is 656. The minimum atomic E-state index is -0.190. The Labute approximate surface area is 140 Å². The van der Waals surface area contributed by atoms with Crippen molar-refractivity contribution in [1.29, 1.82) is 0 Å². The number of hydrogen-bond donors (Lipinski definition) is 2. The van der Waals surface area contributed by atoms with E-state index in [1.807, 2.05) is 61.5 Å². The van der Waals surface area contributed by atoms with Crippen LogP contribution in [0.4, 0.5) is 5.69 Å². The normalized spacial score (nSPS) is 11.6. The van der Waals surface area contributed by atoms with Crippen molar-refractivity contribution in [3.63, 3.8) is 0 Å². The molecule has 0 saturated heterocycles. The molecule has 2 aromatic rings. The van der Waals surface area contributed by atoms with Crippen molar-refractivity contribution in [3.8, 4) is 0 Å². The molecule has 1 atom stereocenters. The Balaban J connectivity index is 1.84. The summed E-state index contributed by atoms with van der Waals surface area (Å²) in [5.41, 5.74) is 1.83. The third-order valence-electron chi connectivity index (χ3n) is 3.17. The summed E-state index contributed by atoms with van der Waals surface area (Å²) >= 11 is 1.49. The fourth-order valence-electron chi connectivity index (χ4n) is 2.01. The Morgan fingerprint density at radius 3 is 2.30 bits per heavy atom. The number of nitrogens with one attached hydrogen (secondary N) is 2. The van der Waals surface area contributed by atoms with Gasteiger partial charge in [-0.15, -0.1) is 11.8 Å². The molecule has 0 aliphatic rings. The summed E-state index contributed by atoms with van der Waals surface area (Å²) in [6.07, 6.45) is 0. The molecule has 120 valence electrons. The number of hydrogen-bond acceptors (Lipinski definition) is 3. The molecule has 2 rings (SSSR count). The first-order valence-electron chi connectivity index (χ1n) is 7.40. The van der Waals surface area contributed by atoms with E-state index in [0.29, 0.717) is 6.54 Å². The van der Waals surface area contributed by atoms with Crippen LogP contribution in [0.15, 0.2) is 59.5 Å². The summed E-state index contributed by atoms with van der Waals surface area (Å²) in [5.74, 6) is -0.0937. The molecular formula is C18H20N2O2S. The van der Waals surface area contributed by atoms with E-state index >= 15 is 0 Å². The van der Waals surface area contributed by atoms with Gasteiger partial charge in [-0.25, -0.2) is 0 Å². The van der Waals surface area contributed by atoms with Crippen LogP contribution >= 0.6 is 11.8 Å². The highest BCUT2D eigenvalue weighted by atomic mass is 32.2. The van der Waals surface area contributed by atoms with Crippen molar-refractivity contribution >= 4 is 29.3 Å². The Morgan fingerprint density at radius 2 is 1.70 bits per heavy atom. The molecule has 0 aromatic heterocycles. The fraction of sp³-hybridized carbons (Fsp3) is 0.222. The first-order chi connectivity index (χ1) is 11.0. The van der Waals surface area contributed by atoms with Gasteiger partial charge in [-0.2, -0.15) is 0 Å². The molecule has 0 spiro atoms. The third-order valence-corrected chi connectivity index (χ3v) is 4.28. The molecule has 0 aliphatic carbocycles. The zero-order valence-corrected chi connectivity index (χ0v) is 14.0. The number of rotatable bonds is 6. The van der Waals surface area contributed by atoms with Crippen LogP contribution in [-0.4, -0.2) is 17.1 Å². The highest BCUT2D eigenvalue weighted by Gasteiger charge is 2.14. The first kappa shape index (κ1) is 17.1. The Morgan fingerprint density at radius 1 is 1.04 bits per heavy atom. The largest absolute Gasteiger partial charge is 0.351 e. The lowest BCUT2D eigenvalue weighted by Crippen LogP contribution is -2.30. The summed E-state index contributed by atoms with van der Waals surface area (Å²) in [4.78, 5) is 24.1. The van der Waals surface area contributed by atoms with Gasteiger partial charge in [0.15, 0.2) is 0 Å². The van der Waals surface area contributed by atoms with Gasteiger partial charge in [0.1, 0.15) is 0 Å². The maximum Gasteiger partial charge on any atom is 0.233 e. The number of amides is 2. The molecule has 23 heavy (non-hydrogen) atoms. The quantitative estimate of drug-likeness (QED) is 0.799. The van der Waals surface area contributed by atoms with E-state index in [2.05, 4.69) is 10.6 Å². The second-order valence-electron chi connectivity index (χ2n) is 5.17. The highest BCUT2D eigenvalue weighted by molar-refractivity contribution is 8.00. The Hall–Kier alpha value is -2.27. The molecule has 0 unspecified atom stereocenters. The minimum absolute atomic E-state index is 0.00444. The van der Waals surface area contributed by atoms with E-state index in [9.17, 15) is 9.59 Å². The molecule has 0 saturated carbocycles. The second kappa shape index (κ2) is 8.39. The van der Waals surface area contributed by atoms with Crippen LogP contribution in [0, 0.1) is 0 Å². The lowest BCUT2D eigenvalue weighted by molar-refractivity contribution is -0.120. The van der Waals surface area contributed by atoms with E-state index in [4.69, 9.17) is 0 Å². The molecule has 5 heteroatoms. The first-order valence-corrected chi connectivity index (χ1v) is 8.28. The minimum Gasteiger partial charge on any atom is -0.351 e. The van der Waals surface area contributed by atoms with Gasteiger partial charge in [0, 0.05) is 24.1 Å². The van der Waals surface area contributed by atoms with Gasteiger partial charge in [-0.3, -0.25) is 9.59 Å². The number of thioether (sulfide) groups is 1. The smallest absolute Gasteiger partial charge is 0.233 e. The van der Waals surface area contributed by atoms with Crippen LogP contribution in [0.25, 0.3) is 0 Å². The zero-order valence-electron chi connectivity index (χ0n) is 13.2. The predicted octanol–water partition coefficient (Wildman–Crippen LogP) is 3.44. The SMILES string of the molecule is CC(=O)Nc1ccc(S[C@@H](C)C(=O)NCc2ccccc2)cc1. The molecule has 0 bridgehead atoms. The van der Waals surface area contributed by atoms with Gasteiger partial charge in [-0.1, -0.05) is 30.3 Å². The average molecular weight is 328 g/mol. The van der Waals surface area contributed by atoms with Crippen LogP contribution < -0.4 is 10.6 Å². The lowest BCUT2D eigenvalue weighted by atomic mass is 10.2. The van der Waals surface area contributed by atoms with Crippen LogP contribution in [0.1, 0.15) is 19.4 Å². The van der Waals surface area contributed by atoms with Crippen molar-refractivity contribution in [2.45, 2.75) is 30.5 Å². The van der Waals surface area contributed by atoms with Gasteiger partial charge < -0.3 is 10.6 Å². The summed E-state index contributed by atoms with van der Waals surface area (Å²) in [5, 5.41) is 5.47. The van der Waals surface area contributed by atoms with E-state index in [1.165, 1.54) is 18.7 Å². The molecule has 4 nitrogen and oxygen atoms in total. The maximum absolute atomic E-state index is 12.1. The van der Waals surface area contributed by atoms with Gasteiger partial charge in [0.05, 0.1) is 5.25 Å². The summed E-state index contributed by atoms with van der Waals surface area (Å²) in [7, 11) is 0. The van der Waals surface area contributed by atoms with Gasteiger partial charge in [-0.05, 0) is 36.8 Å². The monoisotopic (exact) mass is 328 g/mol. The molecule has 2 aromatic carbocycles. The molecule has 0 aliphatic heterocycles. The van der Waals surface area contributed by atoms with Crippen molar-refractivity contribution in [2.75, 3.05) is 5.32 Å². The molecule has 0 fully saturated rings. The molecule has 2 N–H and O–H groups in total. The van der Waals surface area contributed by atoms with Crippen molar-refractivity contribution in [2.24, 2.45) is 0 Å². The van der Waals surface area contributed by atoms with Gasteiger partial charge >= 0.3 is 0 Å². The van der Waals surface area contributed by atoms with Crippen LogP contribution in [0.5, 0.6) is 0 Å². The standard InChI is InChI=1S/C18H20N2O2S/c1-13(18(22)19-12-15-6-4-3-5-7-15)23-17-10-8-16(9-11-17)20-14(2)21/h3-11,13H,12H2,1-2H3,(H,19,22)(H,20,21)/t13-/m0/s1.